The fourth-order valence-electron chi connectivity index (χ4n) is 6.10. The van der Waals surface area contributed by atoms with E-state index in [1.807, 2.05) is 0 Å². The van der Waals surface area contributed by atoms with Crippen LogP contribution in [0.15, 0.2) is 84.9 Å². The minimum atomic E-state index is -0.308. The van der Waals surface area contributed by atoms with Gasteiger partial charge in [-0.2, -0.15) is 0 Å². The summed E-state index contributed by atoms with van der Waals surface area (Å²) in [6.45, 7) is 11.4. The van der Waals surface area contributed by atoms with Gasteiger partial charge in [0.2, 0.25) is 0 Å². The Bertz CT molecular complexity index is 1280. The van der Waals surface area contributed by atoms with Gasteiger partial charge >= 0.3 is 0 Å². The fraction of sp³-hybridized carbons (Fsp3) is 0.226. The topological polar surface area (TPSA) is 3.24 Å². The summed E-state index contributed by atoms with van der Waals surface area (Å²) < 4.78 is 0. The summed E-state index contributed by atoms with van der Waals surface area (Å²) in [4.78, 5) is 2.55. The van der Waals surface area contributed by atoms with Crippen LogP contribution in [-0.4, -0.2) is 5.54 Å². The number of benzene rings is 4. The van der Waals surface area contributed by atoms with Gasteiger partial charge in [0.1, 0.15) is 0 Å². The van der Waals surface area contributed by atoms with Crippen molar-refractivity contribution >= 4 is 11.4 Å². The number of fused-ring (bicyclic) bond motifs is 9. The second kappa shape index (κ2) is 6.36. The van der Waals surface area contributed by atoms with Crippen molar-refractivity contribution < 1.29 is 0 Å². The smallest absolute Gasteiger partial charge is 0.0754 e. The SMILES string of the molecule is Cc1ccc2c(c1)C1(c3ccccc3-c3ccccc31)c1cc(C)ccc1N2C(C)(C)C. The second-order valence-corrected chi connectivity index (χ2v) is 10.4. The molecule has 1 aliphatic carbocycles. The van der Waals surface area contributed by atoms with Gasteiger partial charge in [0.25, 0.3) is 0 Å². The van der Waals surface area contributed by atoms with Gasteiger partial charge in [-0.05, 0) is 80.1 Å². The summed E-state index contributed by atoms with van der Waals surface area (Å²) in [7, 11) is 0. The molecule has 1 heteroatoms. The first-order valence-corrected chi connectivity index (χ1v) is 11.6. The van der Waals surface area contributed by atoms with Crippen molar-refractivity contribution in [2.24, 2.45) is 0 Å². The number of hydrogen-bond donors (Lipinski definition) is 0. The molecular weight excluding hydrogens is 386 g/mol. The minimum absolute atomic E-state index is 0.0483. The van der Waals surface area contributed by atoms with Crippen LogP contribution >= 0.6 is 0 Å². The molecule has 0 atom stereocenters. The highest BCUT2D eigenvalue weighted by Gasteiger charge is 2.52. The Hall–Kier alpha value is -3.32. The summed E-state index contributed by atoms with van der Waals surface area (Å²) in [5.74, 6) is 0. The molecule has 1 heterocycles. The molecule has 0 saturated carbocycles. The maximum atomic E-state index is 2.55. The molecule has 0 unspecified atom stereocenters. The molecule has 0 radical (unpaired) electrons. The van der Waals surface area contributed by atoms with E-state index >= 15 is 0 Å². The first-order valence-electron chi connectivity index (χ1n) is 11.6. The van der Waals surface area contributed by atoms with E-state index in [1.54, 1.807) is 0 Å². The average molecular weight is 416 g/mol. The molecule has 0 N–H and O–H groups in total. The molecule has 1 spiro atoms. The second-order valence-electron chi connectivity index (χ2n) is 10.4. The van der Waals surface area contributed by atoms with Crippen LogP contribution in [-0.2, 0) is 5.41 Å². The largest absolute Gasteiger partial charge is 0.336 e. The maximum Gasteiger partial charge on any atom is 0.0754 e. The van der Waals surface area contributed by atoms with E-state index in [0.717, 1.165) is 0 Å². The van der Waals surface area contributed by atoms with E-state index in [9.17, 15) is 0 Å². The normalized spacial score (nSPS) is 15.2. The van der Waals surface area contributed by atoms with Crippen molar-refractivity contribution in [3.05, 3.63) is 118 Å². The number of nitrogens with zero attached hydrogens (tertiary/aromatic N) is 1. The summed E-state index contributed by atoms with van der Waals surface area (Å²) in [5, 5.41) is 0. The van der Waals surface area contributed by atoms with Gasteiger partial charge in [0.05, 0.1) is 5.41 Å². The van der Waals surface area contributed by atoms with Crippen molar-refractivity contribution in [3.8, 4) is 11.1 Å². The molecule has 1 nitrogen and oxygen atoms in total. The minimum Gasteiger partial charge on any atom is -0.336 e. The predicted molar refractivity (Wildman–Crippen MR) is 135 cm³/mol. The molecule has 158 valence electrons. The Morgan fingerprint density at radius 3 is 1.44 bits per heavy atom. The molecule has 4 aromatic rings. The summed E-state index contributed by atoms with van der Waals surface area (Å²) in [6.07, 6.45) is 0. The lowest BCUT2D eigenvalue weighted by Crippen LogP contribution is -2.45. The molecule has 32 heavy (non-hydrogen) atoms. The van der Waals surface area contributed by atoms with Crippen LogP contribution in [0.4, 0.5) is 11.4 Å². The van der Waals surface area contributed by atoms with Crippen molar-refractivity contribution in [2.75, 3.05) is 4.90 Å². The van der Waals surface area contributed by atoms with Crippen LogP contribution in [0.1, 0.15) is 54.2 Å². The molecule has 0 saturated heterocycles. The van der Waals surface area contributed by atoms with Gasteiger partial charge in [0, 0.05) is 16.9 Å². The van der Waals surface area contributed by atoms with E-state index in [0.29, 0.717) is 0 Å². The number of aryl methyl sites for hydroxylation is 2. The highest BCUT2D eigenvalue weighted by Crippen LogP contribution is 2.63. The van der Waals surface area contributed by atoms with Crippen LogP contribution in [0, 0.1) is 13.8 Å². The lowest BCUT2D eigenvalue weighted by Gasteiger charge is -2.49. The Kier molecular flexibility index (Phi) is 3.85. The molecule has 2 aliphatic rings. The average Bonchev–Trinajstić information content (AvgIpc) is 3.06. The third kappa shape index (κ3) is 2.34. The van der Waals surface area contributed by atoms with Gasteiger partial charge in [-0.25, -0.2) is 0 Å². The van der Waals surface area contributed by atoms with Crippen molar-refractivity contribution in [3.63, 3.8) is 0 Å². The van der Waals surface area contributed by atoms with Gasteiger partial charge in [-0.3, -0.25) is 0 Å². The highest BCUT2D eigenvalue weighted by atomic mass is 15.2. The summed E-state index contributed by atoms with van der Waals surface area (Å²) in [6, 6.07) is 32.1. The predicted octanol–water partition coefficient (Wildman–Crippen LogP) is 7.92. The van der Waals surface area contributed by atoms with E-state index in [1.165, 1.54) is 55.9 Å². The van der Waals surface area contributed by atoms with Crippen LogP contribution in [0.25, 0.3) is 11.1 Å². The van der Waals surface area contributed by atoms with Gasteiger partial charge < -0.3 is 4.90 Å². The number of rotatable bonds is 0. The monoisotopic (exact) mass is 415 g/mol. The van der Waals surface area contributed by atoms with Gasteiger partial charge in [0.15, 0.2) is 0 Å². The molecule has 6 rings (SSSR count). The zero-order chi connectivity index (χ0) is 22.3. The number of anilines is 2. The van der Waals surface area contributed by atoms with Gasteiger partial charge in [-0.15, -0.1) is 0 Å². The molecule has 0 amide bonds. The van der Waals surface area contributed by atoms with E-state index in [-0.39, 0.29) is 11.0 Å². The molecule has 0 bridgehead atoms. The third-order valence-corrected chi connectivity index (χ3v) is 7.22. The van der Waals surface area contributed by atoms with Crippen LogP contribution in [0.5, 0.6) is 0 Å². The Balaban J connectivity index is 1.86. The zero-order valence-electron chi connectivity index (χ0n) is 19.5. The standard InChI is InChI=1S/C31H29N/c1-20-14-16-28-26(18-20)31(27-19-21(2)15-17-29(27)32(28)30(3,4)5)24-12-8-6-10-22(24)23-11-7-9-13-25(23)31/h6-19H,1-5H3. The van der Waals surface area contributed by atoms with Gasteiger partial charge in [-0.1, -0.05) is 83.9 Å². The quantitative estimate of drug-likeness (QED) is 0.248. The molecule has 4 aromatic carbocycles. The summed E-state index contributed by atoms with van der Waals surface area (Å²) >= 11 is 0. The Labute approximate surface area is 191 Å². The lowest BCUT2D eigenvalue weighted by atomic mass is 9.64. The Morgan fingerprint density at radius 2 is 1.00 bits per heavy atom. The zero-order valence-corrected chi connectivity index (χ0v) is 19.5. The van der Waals surface area contributed by atoms with Crippen molar-refractivity contribution in [2.45, 2.75) is 45.6 Å². The molecular formula is C31H29N. The Morgan fingerprint density at radius 1 is 0.562 bits per heavy atom. The van der Waals surface area contributed by atoms with Crippen molar-refractivity contribution in [1.29, 1.82) is 0 Å². The van der Waals surface area contributed by atoms with Crippen molar-refractivity contribution in [1.82, 2.24) is 0 Å². The molecule has 0 fully saturated rings. The number of hydrogen-bond acceptors (Lipinski definition) is 1. The maximum absolute atomic E-state index is 2.55. The van der Waals surface area contributed by atoms with Crippen LogP contribution in [0.3, 0.4) is 0 Å². The third-order valence-electron chi connectivity index (χ3n) is 7.22. The lowest BCUT2D eigenvalue weighted by molar-refractivity contribution is 0.544. The fourth-order valence-corrected chi connectivity index (χ4v) is 6.10. The van der Waals surface area contributed by atoms with E-state index in [2.05, 4.69) is 124 Å². The summed E-state index contributed by atoms with van der Waals surface area (Å²) in [5.41, 5.74) is 13.2. The van der Waals surface area contributed by atoms with Crippen LogP contribution < -0.4 is 4.90 Å². The highest BCUT2D eigenvalue weighted by molar-refractivity contribution is 5.93. The first kappa shape index (κ1) is 19.4. The van der Waals surface area contributed by atoms with E-state index < -0.39 is 0 Å². The van der Waals surface area contributed by atoms with E-state index in [4.69, 9.17) is 0 Å². The molecule has 1 aliphatic heterocycles. The van der Waals surface area contributed by atoms with Crippen LogP contribution in [0.2, 0.25) is 0 Å². The first-order chi connectivity index (χ1) is 15.3. The molecule has 0 aromatic heterocycles.